The Hall–Kier alpha value is -1.85. The van der Waals surface area contributed by atoms with Crippen LogP contribution in [-0.2, 0) is 0 Å². The Morgan fingerprint density at radius 3 is 2.75 bits per heavy atom. The highest BCUT2D eigenvalue weighted by molar-refractivity contribution is 9.10. The lowest BCUT2D eigenvalue weighted by atomic mass is 10.2. The van der Waals surface area contributed by atoms with Crippen molar-refractivity contribution >= 4 is 44.1 Å². The zero-order valence-electron chi connectivity index (χ0n) is 10.2. The maximum atomic E-state index is 5.91. The third-order valence-corrected chi connectivity index (χ3v) is 3.58. The molecular weight excluding hydrogens is 342 g/mol. The van der Waals surface area contributed by atoms with Crippen molar-refractivity contribution in [3.05, 3.63) is 52.2 Å². The summed E-state index contributed by atoms with van der Waals surface area (Å²) in [4.78, 5) is 8.34. The van der Waals surface area contributed by atoms with Gasteiger partial charge in [-0.05, 0) is 52.3 Å². The average molecular weight is 351 g/mol. The van der Waals surface area contributed by atoms with Gasteiger partial charge in [-0.25, -0.2) is 9.97 Å². The van der Waals surface area contributed by atoms with E-state index in [1.54, 1.807) is 30.3 Å². The van der Waals surface area contributed by atoms with Crippen molar-refractivity contribution in [1.82, 2.24) is 9.97 Å². The smallest absolute Gasteiger partial charge is 0.230 e. The van der Waals surface area contributed by atoms with E-state index < -0.39 is 0 Å². The number of nitrogens with zero attached hydrogens (tertiary/aromatic N) is 2. The molecule has 3 rings (SSSR count). The third-order valence-electron chi connectivity index (χ3n) is 2.72. The fraction of sp³-hybridized carbons (Fsp3) is 0. The van der Waals surface area contributed by atoms with E-state index >= 15 is 0 Å². The van der Waals surface area contributed by atoms with E-state index in [1.807, 2.05) is 6.07 Å². The van der Waals surface area contributed by atoms with Crippen molar-refractivity contribution in [2.45, 2.75) is 0 Å². The van der Waals surface area contributed by atoms with E-state index in [0.717, 1.165) is 15.4 Å². The predicted molar refractivity (Wildman–Crippen MR) is 83.2 cm³/mol. The number of anilines is 1. The summed E-state index contributed by atoms with van der Waals surface area (Å²) >= 11 is 9.31. The average Bonchev–Trinajstić information content (AvgIpc) is 2.41. The molecule has 0 unspecified atom stereocenters. The molecule has 0 aliphatic carbocycles. The molecule has 2 aromatic carbocycles. The van der Waals surface area contributed by atoms with E-state index in [4.69, 9.17) is 22.1 Å². The van der Waals surface area contributed by atoms with Gasteiger partial charge in [0.25, 0.3) is 0 Å². The Kier molecular flexibility index (Phi) is 3.46. The minimum Gasteiger partial charge on any atom is -0.437 e. The molecule has 2 N–H and O–H groups in total. The zero-order valence-corrected chi connectivity index (χ0v) is 12.5. The summed E-state index contributed by atoms with van der Waals surface area (Å²) in [6, 6.07) is 10.7. The number of nitrogen functional groups attached to an aromatic ring is 1. The molecule has 0 spiro atoms. The molecule has 4 nitrogen and oxygen atoms in total. The molecule has 0 amide bonds. The van der Waals surface area contributed by atoms with Gasteiger partial charge in [-0.2, -0.15) is 0 Å². The molecular formula is C14H9BrClN3O. The van der Waals surface area contributed by atoms with Crippen LogP contribution in [0.1, 0.15) is 0 Å². The third kappa shape index (κ3) is 2.55. The predicted octanol–water partition coefficient (Wildman–Crippen LogP) is 4.42. The van der Waals surface area contributed by atoms with Crippen molar-refractivity contribution in [3.8, 4) is 11.6 Å². The molecule has 0 saturated heterocycles. The van der Waals surface area contributed by atoms with Crippen molar-refractivity contribution < 1.29 is 4.74 Å². The summed E-state index contributed by atoms with van der Waals surface area (Å²) in [5.74, 6) is 1.10. The van der Waals surface area contributed by atoms with Gasteiger partial charge in [-0.15, -0.1) is 0 Å². The Balaban J connectivity index is 2.06. The lowest BCUT2D eigenvalue weighted by molar-refractivity contribution is 0.465. The molecule has 0 fully saturated rings. The number of hydrogen-bond donors (Lipinski definition) is 1. The maximum Gasteiger partial charge on any atom is 0.230 e. The topological polar surface area (TPSA) is 61.0 Å². The normalized spacial score (nSPS) is 10.7. The van der Waals surface area contributed by atoms with Crippen LogP contribution < -0.4 is 10.5 Å². The lowest BCUT2D eigenvalue weighted by Gasteiger charge is -2.09. The van der Waals surface area contributed by atoms with Crippen molar-refractivity contribution in [2.24, 2.45) is 0 Å². The van der Waals surface area contributed by atoms with E-state index in [1.165, 1.54) is 6.33 Å². The van der Waals surface area contributed by atoms with Gasteiger partial charge in [-0.3, -0.25) is 0 Å². The first-order valence-electron chi connectivity index (χ1n) is 5.76. The van der Waals surface area contributed by atoms with Crippen molar-refractivity contribution in [2.75, 3.05) is 5.73 Å². The highest BCUT2D eigenvalue weighted by Crippen LogP contribution is 2.33. The Morgan fingerprint density at radius 2 is 1.95 bits per heavy atom. The number of nitrogens with two attached hydrogens (primary N) is 1. The van der Waals surface area contributed by atoms with Crippen LogP contribution in [0.5, 0.6) is 11.6 Å². The molecule has 0 aliphatic rings. The first-order chi connectivity index (χ1) is 9.63. The van der Waals surface area contributed by atoms with Gasteiger partial charge in [0.2, 0.25) is 5.88 Å². The van der Waals surface area contributed by atoms with Crippen LogP contribution in [-0.4, -0.2) is 9.97 Å². The number of ether oxygens (including phenoxy) is 1. The van der Waals surface area contributed by atoms with Gasteiger partial charge in [0, 0.05) is 10.7 Å². The van der Waals surface area contributed by atoms with Crippen molar-refractivity contribution in [3.63, 3.8) is 0 Å². The quantitative estimate of drug-likeness (QED) is 0.695. The Morgan fingerprint density at radius 1 is 1.10 bits per heavy atom. The van der Waals surface area contributed by atoms with E-state index in [-0.39, 0.29) is 0 Å². The molecule has 1 heterocycles. The van der Waals surface area contributed by atoms with Gasteiger partial charge in [-0.1, -0.05) is 11.6 Å². The second-order valence-corrected chi connectivity index (χ2v) is 5.42. The van der Waals surface area contributed by atoms with E-state index in [0.29, 0.717) is 22.3 Å². The molecule has 0 radical (unpaired) electrons. The summed E-state index contributed by atoms with van der Waals surface area (Å²) in [6.07, 6.45) is 1.45. The van der Waals surface area contributed by atoms with Gasteiger partial charge >= 0.3 is 0 Å². The van der Waals surface area contributed by atoms with Crippen molar-refractivity contribution in [1.29, 1.82) is 0 Å². The molecule has 6 heteroatoms. The molecule has 0 bridgehead atoms. The van der Waals surface area contributed by atoms with Crippen LogP contribution >= 0.6 is 27.5 Å². The summed E-state index contributed by atoms with van der Waals surface area (Å²) < 4.78 is 6.58. The summed E-state index contributed by atoms with van der Waals surface area (Å²) in [5.41, 5.74) is 7.13. The maximum absolute atomic E-state index is 5.91. The fourth-order valence-electron chi connectivity index (χ4n) is 1.79. The summed E-state index contributed by atoms with van der Waals surface area (Å²) in [5, 5.41) is 1.42. The van der Waals surface area contributed by atoms with Crippen LogP contribution in [0.2, 0.25) is 5.02 Å². The highest BCUT2D eigenvalue weighted by Gasteiger charge is 2.09. The number of aromatic nitrogens is 2. The highest BCUT2D eigenvalue weighted by atomic mass is 79.9. The first kappa shape index (κ1) is 13.1. The SMILES string of the molecule is Nc1ccc2c(Oc3ccc(Cl)cc3Br)ncnc2c1. The molecule has 1 aromatic heterocycles. The van der Waals surface area contributed by atoms with Crippen LogP contribution in [0.4, 0.5) is 5.69 Å². The fourth-order valence-corrected chi connectivity index (χ4v) is 2.56. The van der Waals surface area contributed by atoms with Crippen LogP contribution in [0.15, 0.2) is 47.2 Å². The van der Waals surface area contributed by atoms with E-state index in [2.05, 4.69) is 25.9 Å². The lowest BCUT2D eigenvalue weighted by Crippen LogP contribution is -1.93. The number of rotatable bonds is 2. The summed E-state index contributed by atoms with van der Waals surface area (Å²) in [7, 11) is 0. The molecule has 0 saturated carbocycles. The number of fused-ring (bicyclic) bond motifs is 1. The van der Waals surface area contributed by atoms with Gasteiger partial charge in [0.1, 0.15) is 12.1 Å². The number of benzene rings is 2. The molecule has 100 valence electrons. The van der Waals surface area contributed by atoms with Gasteiger partial charge in [0.05, 0.1) is 15.4 Å². The molecule has 0 atom stereocenters. The molecule has 20 heavy (non-hydrogen) atoms. The zero-order chi connectivity index (χ0) is 14.1. The second kappa shape index (κ2) is 5.26. The second-order valence-electron chi connectivity index (χ2n) is 4.13. The minimum absolute atomic E-state index is 0.470. The van der Waals surface area contributed by atoms with Gasteiger partial charge < -0.3 is 10.5 Å². The molecule has 0 aliphatic heterocycles. The molecule has 3 aromatic rings. The minimum atomic E-state index is 0.470. The van der Waals surface area contributed by atoms with E-state index in [9.17, 15) is 0 Å². The van der Waals surface area contributed by atoms with Crippen LogP contribution in [0.3, 0.4) is 0 Å². The van der Waals surface area contributed by atoms with Crippen LogP contribution in [0.25, 0.3) is 10.9 Å². The van der Waals surface area contributed by atoms with Gasteiger partial charge in [0.15, 0.2) is 0 Å². The Labute approximate surface area is 128 Å². The number of halogens is 2. The standard InChI is InChI=1S/C14H9BrClN3O/c15-11-5-8(16)1-4-13(11)20-14-10-3-2-9(17)6-12(10)18-7-19-14/h1-7H,17H2. The van der Waals surface area contributed by atoms with Crippen LogP contribution in [0, 0.1) is 0 Å². The Bertz CT molecular complexity index is 794. The monoisotopic (exact) mass is 349 g/mol. The summed E-state index contributed by atoms with van der Waals surface area (Å²) in [6.45, 7) is 0. The number of hydrogen-bond acceptors (Lipinski definition) is 4. The largest absolute Gasteiger partial charge is 0.437 e. The first-order valence-corrected chi connectivity index (χ1v) is 6.94.